The van der Waals surface area contributed by atoms with Gasteiger partial charge in [-0.05, 0) is 76.7 Å². The van der Waals surface area contributed by atoms with Gasteiger partial charge in [0.15, 0.2) is 0 Å². The zero-order valence-electron chi connectivity index (χ0n) is 18.1. The highest BCUT2D eigenvalue weighted by Gasteiger charge is 2.33. The SMILES string of the molecule is O=S(=O)(Oc1c(F)c(F)c(F)c(F)c1F)c1ccc2c(c1)CCC[C@H]2Oc1ccc(C(F)(F)F)cc1Br. The van der Waals surface area contributed by atoms with Crippen molar-refractivity contribution in [1.29, 1.82) is 0 Å². The topological polar surface area (TPSA) is 52.6 Å². The van der Waals surface area contributed by atoms with Gasteiger partial charge in [-0.25, -0.2) is 13.2 Å². The maximum atomic E-state index is 13.9. The molecule has 0 bridgehead atoms. The molecule has 4 rings (SSSR count). The molecular weight excluding hydrogens is 604 g/mol. The van der Waals surface area contributed by atoms with Gasteiger partial charge in [0, 0.05) is 0 Å². The first kappa shape index (κ1) is 27.2. The van der Waals surface area contributed by atoms with Gasteiger partial charge in [-0.15, -0.1) is 0 Å². The Morgan fingerprint density at radius 2 is 1.49 bits per heavy atom. The van der Waals surface area contributed by atoms with Crippen molar-refractivity contribution in [3.63, 3.8) is 0 Å². The third kappa shape index (κ3) is 5.26. The Labute approximate surface area is 213 Å². The number of benzene rings is 3. The number of aryl methyl sites for hydroxylation is 1. The van der Waals surface area contributed by atoms with Gasteiger partial charge in [0.05, 0.1) is 10.0 Å². The van der Waals surface area contributed by atoms with Crippen molar-refractivity contribution in [2.75, 3.05) is 0 Å². The molecular formula is C23H13BrF8O4S. The third-order valence-electron chi connectivity index (χ3n) is 5.55. The maximum absolute atomic E-state index is 13.9. The van der Waals surface area contributed by atoms with Crippen molar-refractivity contribution in [2.24, 2.45) is 0 Å². The first-order valence-electron chi connectivity index (χ1n) is 10.3. The van der Waals surface area contributed by atoms with Crippen LogP contribution in [0.15, 0.2) is 45.8 Å². The molecule has 0 fully saturated rings. The summed E-state index contributed by atoms with van der Waals surface area (Å²) in [4.78, 5) is -0.619. The molecule has 14 heteroatoms. The Morgan fingerprint density at radius 3 is 2.08 bits per heavy atom. The quantitative estimate of drug-likeness (QED) is 0.130. The van der Waals surface area contributed by atoms with Gasteiger partial charge in [-0.2, -0.15) is 30.4 Å². The lowest BCUT2D eigenvalue weighted by molar-refractivity contribution is -0.137. The normalized spacial score (nSPS) is 15.9. The molecule has 0 saturated heterocycles. The lowest BCUT2D eigenvalue weighted by Gasteiger charge is -2.27. The summed E-state index contributed by atoms with van der Waals surface area (Å²) in [6.45, 7) is 0. The van der Waals surface area contributed by atoms with E-state index < -0.39 is 67.7 Å². The second-order valence-corrected chi connectivity index (χ2v) is 10.3. The van der Waals surface area contributed by atoms with Crippen molar-refractivity contribution >= 4 is 26.0 Å². The van der Waals surface area contributed by atoms with E-state index in [0.29, 0.717) is 30.4 Å². The smallest absolute Gasteiger partial charge is 0.416 e. The minimum absolute atomic E-state index is 0.0462. The summed E-state index contributed by atoms with van der Waals surface area (Å²) in [5.41, 5.74) is 0.0222. The highest BCUT2D eigenvalue weighted by molar-refractivity contribution is 9.10. The van der Waals surface area contributed by atoms with Crippen LogP contribution in [0.3, 0.4) is 0 Å². The molecule has 1 aliphatic rings. The number of fused-ring (bicyclic) bond motifs is 1. The Bertz CT molecular complexity index is 1460. The monoisotopic (exact) mass is 616 g/mol. The molecule has 0 radical (unpaired) electrons. The predicted molar refractivity (Wildman–Crippen MR) is 116 cm³/mol. The van der Waals surface area contributed by atoms with Gasteiger partial charge < -0.3 is 8.92 Å². The fourth-order valence-electron chi connectivity index (χ4n) is 3.77. The fourth-order valence-corrected chi connectivity index (χ4v) is 5.22. The van der Waals surface area contributed by atoms with Gasteiger partial charge in [0.2, 0.25) is 34.8 Å². The lowest BCUT2D eigenvalue weighted by atomic mass is 9.89. The number of alkyl halides is 3. The summed E-state index contributed by atoms with van der Waals surface area (Å²) < 4.78 is 142. The van der Waals surface area contributed by atoms with Crippen LogP contribution in [0.4, 0.5) is 35.1 Å². The van der Waals surface area contributed by atoms with E-state index in [-0.39, 0.29) is 10.2 Å². The van der Waals surface area contributed by atoms with Gasteiger partial charge in [0.25, 0.3) is 0 Å². The molecule has 4 nitrogen and oxygen atoms in total. The van der Waals surface area contributed by atoms with Crippen LogP contribution in [0.5, 0.6) is 11.5 Å². The molecule has 0 amide bonds. The summed E-state index contributed by atoms with van der Waals surface area (Å²) >= 11 is 3.04. The van der Waals surface area contributed by atoms with Gasteiger partial charge in [0.1, 0.15) is 16.7 Å². The van der Waals surface area contributed by atoms with Crippen molar-refractivity contribution < 1.29 is 52.5 Å². The molecule has 37 heavy (non-hydrogen) atoms. The molecule has 1 atom stereocenters. The summed E-state index contributed by atoms with van der Waals surface area (Å²) in [5, 5.41) is 0. The molecule has 0 saturated carbocycles. The van der Waals surface area contributed by atoms with E-state index in [9.17, 15) is 43.5 Å². The Kier molecular flexibility index (Phi) is 7.18. The van der Waals surface area contributed by atoms with E-state index in [1.807, 2.05) is 0 Å². The van der Waals surface area contributed by atoms with E-state index in [2.05, 4.69) is 20.1 Å². The second kappa shape index (κ2) is 9.78. The molecule has 0 spiro atoms. The lowest BCUT2D eigenvalue weighted by Crippen LogP contribution is -2.18. The first-order valence-corrected chi connectivity index (χ1v) is 12.5. The fraction of sp³-hybridized carbons (Fsp3) is 0.217. The van der Waals surface area contributed by atoms with Crippen molar-refractivity contribution in [3.8, 4) is 11.5 Å². The van der Waals surface area contributed by atoms with E-state index in [0.717, 1.165) is 30.3 Å². The van der Waals surface area contributed by atoms with Gasteiger partial charge in [-0.3, -0.25) is 0 Å². The summed E-state index contributed by atoms with van der Waals surface area (Å²) in [6.07, 6.45) is -3.97. The molecule has 1 aliphatic carbocycles. The first-order chi connectivity index (χ1) is 17.2. The molecule has 0 aromatic heterocycles. The Hall–Kier alpha value is -2.87. The van der Waals surface area contributed by atoms with Gasteiger partial charge in [-0.1, -0.05) is 6.07 Å². The van der Waals surface area contributed by atoms with Crippen molar-refractivity contribution in [2.45, 2.75) is 36.4 Å². The summed E-state index contributed by atoms with van der Waals surface area (Å²) in [7, 11) is -5.03. The van der Waals surface area contributed by atoms with Gasteiger partial charge >= 0.3 is 16.3 Å². The molecule has 0 aliphatic heterocycles. The second-order valence-electron chi connectivity index (χ2n) is 7.94. The maximum Gasteiger partial charge on any atom is 0.416 e. The highest BCUT2D eigenvalue weighted by Crippen LogP contribution is 2.40. The van der Waals surface area contributed by atoms with Crippen LogP contribution in [-0.2, 0) is 22.7 Å². The van der Waals surface area contributed by atoms with Crippen LogP contribution in [0.25, 0.3) is 0 Å². The molecule has 0 unspecified atom stereocenters. The molecule has 0 heterocycles. The number of rotatable bonds is 5. The number of halogens is 9. The minimum atomic E-state index is -5.03. The summed E-state index contributed by atoms with van der Waals surface area (Å²) in [6, 6.07) is 6.24. The zero-order chi connectivity index (χ0) is 27.3. The predicted octanol–water partition coefficient (Wildman–Crippen LogP) is 7.39. The standard InChI is InChI=1S/C23H13BrF8O4S/c24-14-9-11(23(30,31)32)4-7-16(14)35-15-3-1-2-10-8-12(5-6-13(10)15)37(33,34)36-22-20(28)18(26)17(25)19(27)21(22)29/h4-9,15H,1-3H2/t15-/m1/s1. The van der Waals surface area contributed by atoms with Crippen LogP contribution in [0, 0.1) is 29.1 Å². The van der Waals surface area contributed by atoms with E-state index in [1.165, 1.54) is 6.07 Å². The minimum Gasteiger partial charge on any atom is -0.485 e. The third-order valence-corrected chi connectivity index (χ3v) is 7.39. The van der Waals surface area contributed by atoms with Crippen molar-refractivity contribution in [3.05, 3.63) is 86.6 Å². The number of hydrogen-bond donors (Lipinski definition) is 0. The average Bonchev–Trinajstić information content (AvgIpc) is 2.84. The Morgan fingerprint density at radius 1 is 0.865 bits per heavy atom. The van der Waals surface area contributed by atoms with Crippen molar-refractivity contribution in [1.82, 2.24) is 0 Å². The van der Waals surface area contributed by atoms with Crippen LogP contribution in [0.2, 0.25) is 0 Å². The largest absolute Gasteiger partial charge is 0.485 e. The Balaban J connectivity index is 1.62. The van der Waals surface area contributed by atoms with Crippen LogP contribution < -0.4 is 8.92 Å². The number of hydrogen-bond acceptors (Lipinski definition) is 4. The molecule has 3 aromatic rings. The van der Waals surface area contributed by atoms with Crippen LogP contribution >= 0.6 is 15.9 Å². The van der Waals surface area contributed by atoms with Crippen LogP contribution in [-0.4, -0.2) is 8.42 Å². The average molecular weight is 617 g/mol. The number of ether oxygens (including phenoxy) is 1. The molecule has 0 N–H and O–H groups in total. The molecule has 198 valence electrons. The van der Waals surface area contributed by atoms with E-state index in [1.54, 1.807) is 0 Å². The van der Waals surface area contributed by atoms with E-state index in [4.69, 9.17) is 4.74 Å². The highest BCUT2D eigenvalue weighted by atomic mass is 79.9. The van der Waals surface area contributed by atoms with E-state index >= 15 is 0 Å². The summed E-state index contributed by atoms with van der Waals surface area (Å²) in [5.74, 6) is -14.0. The molecule has 3 aromatic carbocycles. The zero-order valence-corrected chi connectivity index (χ0v) is 20.5. The van der Waals surface area contributed by atoms with Crippen LogP contribution in [0.1, 0.15) is 35.6 Å².